The van der Waals surface area contributed by atoms with E-state index in [-0.39, 0.29) is 6.42 Å². The van der Waals surface area contributed by atoms with Crippen LogP contribution in [0.15, 0.2) is 16.3 Å². The Bertz CT molecular complexity index is 436. The molecule has 72 valence electrons. The van der Waals surface area contributed by atoms with E-state index in [1.54, 1.807) is 10.9 Å². The Morgan fingerprint density at radius 3 is 3.00 bits per heavy atom. The maximum atomic E-state index is 10.4. The van der Waals surface area contributed by atoms with Gasteiger partial charge in [-0.15, -0.1) is 22.7 Å². The van der Waals surface area contributed by atoms with Gasteiger partial charge in [0.05, 0.1) is 17.6 Å². The molecule has 14 heavy (non-hydrogen) atoms. The summed E-state index contributed by atoms with van der Waals surface area (Å²) in [6.45, 7) is 0. The zero-order chi connectivity index (χ0) is 9.97. The number of nitrogens with zero attached hydrogens (tertiary/aromatic N) is 2. The van der Waals surface area contributed by atoms with Crippen LogP contribution in [0.1, 0.15) is 5.69 Å². The summed E-state index contributed by atoms with van der Waals surface area (Å²) in [7, 11) is 0. The van der Waals surface area contributed by atoms with Gasteiger partial charge in [0.1, 0.15) is 10.7 Å². The quantitative estimate of drug-likeness (QED) is 0.868. The van der Waals surface area contributed by atoms with E-state index in [0.717, 1.165) is 10.7 Å². The molecule has 0 saturated carbocycles. The van der Waals surface area contributed by atoms with Crippen LogP contribution in [0.4, 0.5) is 0 Å². The summed E-state index contributed by atoms with van der Waals surface area (Å²) in [6, 6.07) is 0. The van der Waals surface area contributed by atoms with Crippen LogP contribution >= 0.6 is 22.7 Å². The van der Waals surface area contributed by atoms with E-state index in [0.29, 0.717) is 5.69 Å². The largest absolute Gasteiger partial charge is 0.481 e. The lowest BCUT2D eigenvalue weighted by Crippen LogP contribution is -1.99. The molecule has 6 heteroatoms. The predicted octanol–water partition coefficient (Wildman–Crippen LogP) is 1.89. The molecule has 0 fully saturated rings. The first kappa shape index (κ1) is 9.29. The van der Waals surface area contributed by atoms with Crippen molar-refractivity contribution in [3.8, 4) is 10.7 Å². The summed E-state index contributed by atoms with van der Waals surface area (Å²) in [5, 5.41) is 13.0. The van der Waals surface area contributed by atoms with Gasteiger partial charge < -0.3 is 5.11 Å². The number of hydrogen-bond acceptors (Lipinski definition) is 5. The van der Waals surface area contributed by atoms with Crippen LogP contribution in [0, 0.1) is 0 Å². The van der Waals surface area contributed by atoms with E-state index in [4.69, 9.17) is 5.11 Å². The zero-order valence-corrected chi connectivity index (χ0v) is 8.64. The van der Waals surface area contributed by atoms with Crippen LogP contribution in [0.5, 0.6) is 0 Å². The number of aliphatic carboxylic acids is 1. The highest BCUT2D eigenvalue weighted by atomic mass is 32.1. The average Bonchev–Trinajstić information content (AvgIpc) is 2.69. The second-order valence-corrected chi connectivity index (χ2v) is 4.16. The molecule has 0 aliphatic carbocycles. The normalized spacial score (nSPS) is 10.3. The van der Waals surface area contributed by atoms with Crippen LogP contribution in [0.25, 0.3) is 10.7 Å². The summed E-state index contributed by atoms with van der Waals surface area (Å²) in [4.78, 5) is 18.7. The Hall–Kier alpha value is -1.27. The molecular formula is C8H6N2O2S2. The van der Waals surface area contributed by atoms with Gasteiger partial charge in [0.15, 0.2) is 0 Å². The molecule has 2 heterocycles. The molecule has 0 bridgehead atoms. The number of carbonyl (C=O) groups is 1. The second-order valence-electron chi connectivity index (χ2n) is 2.59. The van der Waals surface area contributed by atoms with Gasteiger partial charge in [0.25, 0.3) is 0 Å². The van der Waals surface area contributed by atoms with Crippen LogP contribution in [0.2, 0.25) is 0 Å². The number of aromatic nitrogens is 2. The molecule has 0 unspecified atom stereocenters. The van der Waals surface area contributed by atoms with Crippen LogP contribution in [-0.4, -0.2) is 21.0 Å². The molecule has 2 aromatic rings. The maximum Gasteiger partial charge on any atom is 0.309 e. The van der Waals surface area contributed by atoms with Crippen molar-refractivity contribution < 1.29 is 9.90 Å². The van der Waals surface area contributed by atoms with Gasteiger partial charge >= 0.3 is 5.97 Å². The number of carboxylic acid groups (broad SMARTS) is 1. The number of hydrogen-bond donors (Lipinski definition) is 1. The van der Waals surface area contributed by atoms with E-state index in [1.165, 1.54) is 22.7 Å². The third kappa shape index (κ3) is 1.97. The van der Waals surface area contributed by atoms with E-state index < -0.39 is 5.97 Å². The van der Waals surface area contributed by atoms with E-state index in [2.05, 4.69) is 9.97 Å². The second kappa shape index (κ2) is 3.85. The highest BCUT2D eigenvalue weighted by Crippen LogP contribution is 2.23. The van der Waals surface area contributed by atoms with Gasteiger partial charge in [-0.05, 0) is 0 Å². The van der Waals surface area contributed by atoms with Crippen LogP contribution in [-0.2, 0) is 11.2 Å². The van der Waals surface area contributed by atoms with Crippen molar-refractivity contribution in [3.05, 3.63) is 22.0 Å². The van der Waals surface area contributed by atoms with Crippen molar-refractivity contribution in [2.75, 3.05) is 0 Å². The molecule has 0 aromatic carbocycles. The minimum atomic E-state index is -0.861. The van der Waals surface area contributed by atoms with E-state index >= 15 is 0 Å². The third-order valence-electron chi connectivity index (χ3n) is 1.54. The Morgan fingerprint density at radius 2 is 2.36 bits per heavy atom. The summed E-state index contributed by atoms with van der Waals surface area (Å²) in [5.74, 6) is -0.861. The number of carboxylic acids is 1. The van der Waals surface area contributed by atoms with Crippen molar-refractivity contribution in [2.24, 2.45) is 0 Å². The molecule has 0 saturated heterocycles. The van der Waals surface area contributed by atoms with E-state index in [9.17, 15) is 4.79 Å². The fourth-order valence-corrected chi connectivity index (χ4v) is 2.38. The van der Waals surface area contributed by atoms with Gasteiger partial charge in [-0.1, -0.05) is 0 Å². The first-order valence-corrected chi connectivity index (χ1v) is 5.62. The van der Waals surface area contributed by atoms with E-state index in [1.807, 2.05) is 5.38 Å². The smallest absolute Gasteiger partial charge is 0.309 e. The SMILES string of the molecule is O=C(O)Cc1csc(-c2cscn2)n1. The molecule has 0 radical (unpaired) electrons. The molecule has 0 atom stereocenters. The van der Waals surface area contributed by atoms with Crippen LogP contribution < -0.4 is 0 Å². The molecule has 0 aliphatic heterocycles. The monoisotopic (exact) mass is 226 g/mol. The summed E-state index contributed by atoms with van der Waals surface area (Å²) in [6.07, 6.45) is -0.0271. The highest BCUT2D eigenvalue weighted by Gasteiger charge is 2.08. The van der Waals surface area contributed by atoms with Crippen molar-refractivity contribution >= 4 is 28.6 Å². The van der Waals surface area contributed by atoms with Crippen molar-refractivity contribution in [1.29, 1.82) is 0 Å². The Morgan fingerprint density at radius 1 is 1.50 bits per heavy atom. The van der Waals surface area contributed by atoms with Crippen molar-refractivity contribution in [2.45, 2.75) is 6.42 Å². The summed E-state index contributed by atoms with van der Waals surface area (Å²) in [5.41, 5.74) is 3.13. The minimum Gasteiger partial charge on any atom is -0.481 e. The summed E-state index contributed by atoms with van der Waals surface area (Å²) >= 11 is 2.92. The fourth-order valence-electron chi connectivity index (χ4n) is 0.979. The lowest BCUT2D eigenvalue weighted by Gasteiger charge is -1.87. The summed E-state index contributed by atoms with van der Waals surface area (Å²) < 4.78 is 0. The van der Waals surface area contributed by atoms with Gasteiger partial charge in [-0.3, -0.25) is 4.79 Å². The predicted molar refractivity (Wildman–Crippen MR) is 54.6 cm³/mol. The first-order chi connectivity index (χ1) is 6.75. The third-order valence-corrected chi connectivity index (χ3v) is 3.04. The van der Waals surface area contributed by atoms with Crippen molar-refractivity contribution in [3.63, 3.8) is 0 Å². The fraction of sp³-hybridized carbons (Fsp3) is 0.125. The van der Waals surface area contributed by atoms with Gasteiger partial charge in [0.2, 0.25) is 0 Å². The molecular weight excluding hydrogens is 220 g/mol. The zero-order valence-electron chi connectivity index (χ0n) is 7.01. The molecule has 4 nitrogen and oxygen atoms in total. The number of rotatable bonds is 3. The van der Waals surface area contributed by atoms with Gasteiger partial charge in [-0.25, -0.2) is 9.97 Å². The highest BCUT2D eigenvalue weighted by molar-refractivity contribution is 7.13. The molecule has 1 N–H and O–H groups in total. The first-order valence-electron chi connectivity index (χ1n) is 3.80. The molecule has 0 amide bonds. The lowest BCUT2D eigenvalue weighted by molar-refractivity contribution is -0.136. The Balaban J connectivity index is 2.22. The average molecular weight is 226 g/mol. The Kier molecular flexibility index (Phi) is 2.55. The topological polar surface area (TPSA) is 63.1 Å². The molecule has 0 aliphatic rings. The van der Waals surface area contributed by atoms with Gasteiger partial charge in [-0.2, -0.15) is 0 Å². The lowest BCUT2D eigenvalue weighted by atomic mass is 10.3. The minimum absolute atomic E-state index is 0.0271. The maximum absolute atomic E-state index is 10.4. The molecule has 2 rings (SSSR count). The van der Waals surface area contributed by atoms with Crippen LogP contribution in [0.3, 0.4) is 0 Å². The molecule has 0 spiro atoms. The van der Waals surface area contributed by atoms with Gasteiger partial charge in [0, 0.05) is 10.8 Å². The number of thiazole rings is 2. The van der Waals surface area contributed by atoms with Crippen molar-refractivity contribution in [1.82, 2.24) is 9.97 Å². The molecule has 2 aromatic heterocycles. The Labute approximate surface area is 87.9 Å². The standard InChI is InChI=1S/C8H6N2O2S2/c11-7(12)1-5-2-14-8(10-5)6-3-13-4-9-6/h2-4H,1H2,(H,11,12).